The van der Waals surface area contributed by atoms with E-state index in [1.165, 1.54) is 7.11 Å². The van der Waals surface area contributed by atoms with Gasteiger partial charge in [0, 0.05) is 5.56 Å². The Morgan fingerprint density at radius 1 is 1.53 bits per heavy atom. The van der Waals surface area contributed by atoms with Crippen LogP contribution in [-0.2, 0) is 9.53 Å². The van der Waals surface area contributed by atoms with Gasteiger partial charge in [0.05, 0.1) is 12.6 Å². The number of hydrogen-bond donors (Lipinski definition) is 1. The average molecular weight is 231 g/mol. The van der Waals surface area contributed by atoms with Crippen LogP contribution in [0.2, 0.25) is 0 Å². The molecule has 2 aromatic rings. The van der Waals surface area contributed by atoms with Gasteiger partial charge in [0.15, 0.2) is 5.58 Å². The number of benzene rings is 1. The molecule has 0 spiro atoms. The van der Waals surface area contributed by atoms with Crippen LogP contribution in [0, 0.1) is 11.8 Å². The maximum atomic E-state index is 10.9. The summed E-state index contributed by atoms with van der Waals surface area (Å²) in [6, 6.07) is 5.07. The Kier molecular flexibility index (Phi) is 2.97. The summed E-state index contributed by atoms with van der Waals surface area (Å²) in [6.07, 6.45) is 0.0334. The van der Waals surface area contributed by atoms with E-state index < -0.39 is 5.76 Å². The maximum absolute atomic E-state index is 10.9. The highest BCUT2D eigenvalue weighted by Crippen LogP contribution is 2.11. The lowest BCUT2D eigenvalue weighted by Gasteiger charge is -1.91. The second-order valence-corrected chi connectivity index (χ2v) is 3.28. The molecule has 0 fully saturated rings. The molecule has 0 atom stereocenters. The molecule has 1 aromatic heterocycles. The van der Waals surface area contributed by atoms with Gasteiger partial charge in [-0.05, 0) is 18.2 Å². The van der Waals surface area contributed by atoms with Crippen LogP contribution >= 0.6 is 0 Å². The molecule has 0 amide bonds. The molecule has 0 aliphatic rings. The molecular weight excluding hydrogens is 222 g/mol. The van der Waals surface area contributed by atoms with Crippen LogP contribution in [-0.4, -0.2) is 18.1 Å². The highest BCUT2D eigenvalue weighted by Gasteiger charge is 2.00. The van der Waals surface area contributed by atoms with E-state index in [0.29, 0.717) is 16.7 Å². The first-order valence-electron chi connectivity index (χ1n) is 4.87. The third-order valence-electron chi connectivity index (χ3n) is 2.11. The van der Waals surface area contributed by atoms with Gasteiger partial charge < -0.3 is 9.15 Å². The number of oxazole rings is 1. The van der Waals surface area contributed by atoms with Crippen molar-refractivity contribution in [3.05, 3.63) is 34.3 Å². The standard InChI is InChI=1S/C12H9NO4/c1-16-11(14)4-2-3-8-5-6-9-10(7-8)17-12(15)13-9/h5-7H,4H2,1H3,(H,13,15). The highest BCUT2D eigenvalue weighted by atomic mass is 16.5. The normalized spacial score (nSPS) is 9.71. The van der Waals surface area contributed by atoms with Crippen LogP contribution in [0.25, 0.3) is 11.1 Å². The Morgan fingerprint density at radius 2 is 2.35 bits per heavy atom. The van der Waals surface area contributed by atoms with Crippen molar-refractivity contribution in [2.45, 2.75) is 6.42 Å². The third kappa shape index (κ3) is 2.55. The van der Waals surface area contributed by atoms with Crippen LogP contribution in [0.1, 0.15) is 12.0 Å². The SMILES string of the molecule is COC(=O)CC#Cc1ccc2[nH]c(=O)oc2c1. The van der Waals surface area contributed by atoms with Crippen molar-refractivity contribution in [3.63, 3.8) is 0 Å². The van der Waals surface area contributed by atoms with E-state index in [9.17, 15) is 9.59 Å². The van der Waals surface area contributed by atoms with Gasteiger partial charge in [-0.1, -0.05) is 11.8 Å². The van der Waals surface area contributed by atoms with Crippen molar-refractivity contribution in [2.24, 2.45) is 0 Å². The Hall–Kier alpha value is -2.48. The van der Waals surface area contributed by atoms with Crippen LogP contribution in [0.15, 0.2) is 27.4 Å². The topological polar surface area (TPSA) is 72.3 Å². The minimum atomic E-state index is -0.500. The van der Waals surface area contributed by atoms with Crippen molar-refractivity contribution in [1.29, 1.82) is 0 Å². The van der Waals surface area contributed by atoms with E-state index in [1.807, 2.05) is 0 Å². The lowest BCUT2D eigenvalue weighted by atomic mass is 10.2. The monoisotopic (exact) mass is 231 g/mol. The number of aromatic amines is 1. The number of aromatic nitrogens is 1. The summed E-state index contributed by atoms with van der Waals surface area (Å²) in [5.74, 6) is 4.57. The first kappa shape index (κ1) is 11.0. The summed E-state index contributed by atoms with van der Waals surface area (Å²) in [4.78, 5) is 24.3. The molecule has 17 heavy (non-hydrogen) atoms. The molecule has 1 N–H and O–H groups in total. The molecule has 1 heterocycles. The first-order chi connectivity index (χ1) is 8.19. The van der Waals surface area contributed by atoms with Crippen molar-refractivity contribution in [3.8, 4) is 11.8 Å². The molecule has 2 rings (SSSR count). The lowest BCUT2D eigenvalue weighted by Crippen LogP contribution is -1.96. The molecular formula is C12H9NO4. The Bertz CT molecular complexity index is 669. The maximum Gasteiger partial charge on any atom is 0.417 e. The summed E-state index contributed by atoms with van der Waals surface area (Å²) in [5.41, 5.74) is 1.73. The van der Waals surface area contributed by atoms with E-state index in [0.717, 1.165) is 0 Å². The zero-order valence-corrected chi connectivity index (χ0v) is 9.07. The van der Waals surface area contributed by atoms with Gasteiger partial charge in [0.25, 0.3) is 0 Å². The number of H-pyrrole nitrogens is 1. The van der Waals surface area contributed by atoms with Gasteiger partial charge in [0.2, 0.25) is 0 Å². The predicted octanol–water partition coefficient (Wildman–Crippen LogP) is 1.04. The second kappa shape index (κ2) is 4.58. The van der Waals surface area contributed by atoms with E-state index >= 15 is 0 Å². The van der Waals surface area contributed by atoms with Gasteiger partial charge in [-0.2, -0.15) is 0 Å². The van der Waals surface area contributed by atoms with Crippen molar-refractivity contribution < 1.29 is 13.9 Å². The van der Waals surface area contributed by atoms with Gasteiger partial charge in [-0.15, -0.1) is 0 Å². The number of ether oxygens (including phenoxy) is 1. The molecule has 1 aromatic carbocycles. The van der Waals surface area contributed by atoms with Crippen LogP contribution in [0.4, 0.5) is 0 Å². The molecule has 86 valence electrons. The molecule has 0 radical (unpaired) electrons. The van der Waals surface area contributed by atoms with E-state index in [4.69, 9.17) is 4.42 Å². The smallest absolute Gasteiger partial charge is 0.417 e. The molecule has 0 aliphatic heterocycles. The minimum absolute atomic E-state index is 0.0334. The number of carbonyl (C=O) groups is 1. The molecule has 0 saturated heterocycles. The summed E-state index contributed by atoms with van der Waals surface area (Å²) in [7, 11) is 1.31. The summed E-state index contributed by atoms with van der Waals surface area (Å²) in [5, 5.41) is 0. The van der Waals surface area contributed by atoms with Crippen LogP contribution < -0.4 is 5.76 Å². The Balaban J connectivity index is 2.24. The zero-order valence-electron chi connectivity index (χ0n) is 9.07. The molecule has 5 nitrogen and oxygen atoms in total. The van der Waals surface area contributed by atoms with Crippen LogP contribution in [0.3, 0.4) is 0 Å². The Labute approximate surface area is 96.4 Å². The largest absolute Gasteiger partial charge is 0.468 e. The van der Waals surface area contributed by atoms with Crippen molar-refractivity contribution in [1.82, 2.24) is 4.98 Å². The predicted molar refractivity (Wildman–Crippen MR) is 60.3 cm³/mol. The lowest BCUT2D eigenvalue weighted by molar-refractivity contribution is -0.139. The van der Waals surface area contributed by atoms with E-state index in [2.05, 4.69) is 21.6 Å². The molecule has 0 saturated carbocycles. The fourth-order valence-electron chi connectivity index (χ4n) is 1.31. The van der Waals surface area contributed by atoms with E-state index in [-0.39, 0.29) is 12.4 Å². The van der Waals surface area contributed by atoms with E-state index in [1.54, 1.807) is 18.2 Å². The van der Waals surface area contributed by atoms with Crippen LogP contribution in [0.5, 0.6) is 0 Å². The molecule has 0 aliphatic carbocycles. The number of methoxy groups -OCH3 is 1. The number of fused-ring (bicyclic) bond motifs is 1. The molecule has 5 heteroatoms. The summed E-state index contributed by atoms with van der Waals surface area (Å²) < 4.78 is 9.34. The number of carbonyl (C=O) groups excluding carboxylic acids is 1. The number of nitrogens with one attached hydrogen (secondary N) is 1. The third-order valence-corrected chi connectivity index (χ3v) is 2.11. The minimum Gasteiger partial charge on any atom is -0.468 e. The summed E-state index contributed by atoms with van der Waals surface area (Å²) in [6.45, 7) is 0. The molecule has 0 bridgehead atoms. The zero-order chi connectivity index (χ0) is 12.3. The second-order valence-electron chi connectivity index (χ2n) is 3.28. The van der Waals surface area contributed by atoms with Crippen molar-refractivity contribution in [2.75, 3.05) is 7.11 Å². The Morgan fingerprint density at radius 3 is 3.12 bits per heavy atom. The van der Waals surface area contributed by atoms with Gasteiger partial charge >= 0.3 is 11.7 Å². The average Bonchev–Trinajstić information content (AvgIpc) is 2.68. The quantitative estimate of drug-likeness (QED) is 0.587. The highest BCUT2D eigenvalue weighted by molar-refractivity contribution is 5.75. The fourth-order valence-corrected chi connectivity index (χ4v) is 1.31. The van der Waals surface area contributed by atoms with Gasteiger partial charge in [-0.25, -0.2) is 4.79 Å². The number of esters is 1. The molecule has 0 unspecified atom stereocenters. The van der Waals surface area contributed by atoms with Crippen molar-refractivity contribution >= 4 is 17.1 Å². The van der Waals surface area contributed by atoms with Gasteiger partial charge in [0.1, 0.15) is 6.42 Å². The number of hydrogen-bond acceptors (Lipinski definition) is 4. The summed E-state index contributed by atoms with van der Waals surface area (Å²) >= 11 is 0. The first-order valence-corrected chi connectivity index (χ1v) is 4.87. The van der Waals surface area contributed by atoms with Gasteiger partial charge in [-0.3, -0.25) is 9.78 Å². The number of rotatable bonds is 1. The fraction of sp³-hybridized carbons (Fsp3) is 0.167.